The zero-order chi connectivity index (χ0) is 5.56. The predicted molar refractivity (Wildman–Crippen MR) is 37.2 cm³/mol. The molecule has 0 aromatic rings. The van der Waals surface area contributed by atoms with Crippen molar-refractivity contribution in [3.05, 3.63) is 0 Å². The molecule has 1 heterocycles. The van der Waals surface area contributed by atoms with Crippen LogP contribution in [0.25, 0.3) is 0 Å². The number of fused-ring (bicyclic) bond motifs is 1. The second kappa shape index (κ2) is 1.71. The molecule has 1 nitrogen and oxygen atoms in total. The van der Waals surface area contributed by atoms with E-state index in [2.05, 4.69) is 21.2 Å². The first-order chi connectivity index (χ1) is 3.89. The van der Waals surface area contributed by atoms with Crippen LogP contribution in [0.15, 0.2) is 0 Å². The topological polar surface area (TPSA) is 12.0 Å². The van der Waals surface area contributed by atoms with Gasteiger partial charge in [0.1, 0.15) is 0 Å². The van der Waals surface area contributed by atoms with Gasteiger partial charge in [-0.2, -0.15) is 0 Å². The highest BCUT2D eigenvalue weighted by atomic mass is 79.9. The van der Waals surface area contributed by atoms with Gasteiger partial charge in [0, 0.05) is 4.83 Å². The van der Waals surface area contributed by atoms with Crippen molar-refractivity contribution in [2.75, 3.05) is 13.1 Å². The summed E-state index contributed by atoms with van der Waals surface area (Å²) in [6.45, 7) is 2.49. The van der Waals surface area contributed by atoms with Crippen molar-refractivity contribution in [1.82, 2.24) is 5.32 Å². The van der Waals surface area contributed by atoms with Gasteiger partial charge in [0.15, 0.2) is 0 Å². The molecule has 0 unspecified atom stereocenters. The lowest BCUT2D eigenvalue weighted by Crippen LogP contribution is -2.23. The summed E-state index contributed by atoms with van der Waals surface area (Å²) in [5.41, 5.74) is 0. The first kappa shape index (κ1) is 5.24. The van der Waals surface area contributed by atoms with Crippen LogP contribution in [0.4, 0.5) is 0 Å². The molecule has 0 amide bonds. The minimum Gasteiger partial charge on any atom is -0.316 e. The lowest BCUT2D eigenvalue weighted by molar-refractivity contribution is 0.497. The number of piperidine rings is 1. The number of rotatable bonds is 0. The summed E-state index contributed by atoms with van der Waals surface area (Å²) < 4.78 is 0. The quantitative estimate of drug-likeness (QED) is 0.542. The van der Waals surface area contributed by atoms with E-state index in [1.54, 1.807) is 0 Å². The first-order valence-corrected chi connectivity index (χ1v) is 4.16. The molecule has 1 aliphatic heterocycles. The molecule has 1 saturated carbocycles. The summed E-state index contributed by atoms with van der Waals surface area (Å²) in [5.74, 6) is 2.00. The molecule has 1 aliphatic carbocycles. The van der Waals surface area contributed by atoms with Crippen LogP contribution in [0, 0.1) is 11.8 Å². The molecule has 2 rings (SSSR count). The molecule has 1 saturated heterocycles. The molecule has 0 aromatic carbocycles. The van der Waals surface area contributed by atoms with Crippen molar-refractivity contribution >= 4 is 15.9 Å². The summed E-state index contributed by atoms with van der Waals surface area (Å²) in [6.07, 6.45) is 1.39. The van der Waals surface area contributed by atoms with Crippen molar-refractivity contribution in [1.29, 1.82) is 0 Å². The number of alkyl halides is 1. The highest BCUT2D eigenvalue weighted by Crippen LogP contribution is 2.48. The van der Waals surface area contributed by atoms with Gasteiger partial charge in [-0.3, -0.25) is 0 Å². The van der Waals surface area contributed by atoms with E-state index in [1.165, 1.54) is 19.5 Å². The monoisotopic (exact) mass is 175 g/mol. The Morgan fingerprint density at radius 1 is 1.38 bits per heavy atom. The second-order valence-corrected chi connectivity index (χ2v) is 3.82. The largest absolute Gasteiger partial charge is 0.316 e. The van der Waals surface area contributed by atoms with Crippen LogP contribution in [0.1, 0.15) is 6.42 Å². The Morgan fingerprint density at radius 3 is 2.75 bits per heavy atom. The van der Waals surface area contributed by atoms with Crippen LogP contribution in [-0.2, 0) is 0 Å². The van der Waals surface area contributed by atoms with Gasteiger partial charge in [-0.15, -0.1) is 0 Å². The average Bonchev–Trinajstić information content (AvgIpc) is 2.46. The molecular weight excluding hydrogens is 166 g/mol. The van der Waals surface area contributed by atoms with Gasteiger partial charge in [-0.1, -0.05) is 15.9 Å². The normalized spacial score (nSPS) is 52.9. The minimum atomic E-state index is 0.859. The molecule has 0 aromatic heterocycles. The van der Waals surface area contributed by atoms with Crippen LogP contribution < -0.4 is 5.32 Å². The third kappa shape index (κ3) is 0.627. The maximum Gasteiger partial charge on any atom is 0.0221 e. The highest BCUT2D eigenvalue weighted by molar-refractivity contribution is 9.09. The number of hydrogen-bond donors (Lipinski definition) is 1. The molecule has 0 spiro atoms. The first-order valence-electron chi connectivity index (χ1n) is 3.24. The molecule has 2 aliphatic rings. The molecule has 2 fully saturated rings. The average molecular weight is 176 g/mol. The SMILES string of the molecule is Br[C@@H]1[C@H]2CCNC[C@@H]12. The van der Waals surface area contributed by atoms with Crippen LogP contribution in [0.5, 0.6) is 0 Å². The van der Waals surface area contributed by atoms with Crippen molar-refractivity contribution in [3.8, 4) is 0 Å². The zero-order valence-electron chi connectivity index (χ0n) is 4.73. The molecule has 2 heteroatoms. The number of hydrogen-bond acceptors (Lipinski definition) is 1. The molecule has 0 radical (unpaired) electrons. The van der Waals surface area contributed by atoms with Gasteiger partial charge in [0.2, 0.25) is 0 Å². The van der Waals surface area contributed by atoms with Crippen LogP contribution in [0.2, 0.25) is 0 Å². The molecule has 3 atom stereocenters. The van der Waals surface area contributed by atoms with Crippen molar-refractivity contribution < 1.29 is 0 Å². The Labute approximate surface area is 58.0 Å². The highest BCUT2D eigenvalue weighted by Gasteiger charge is 2.48. The summed E-state index contributed by atoms with van der Waals surface area (Å²) in [5, 5.41) is 3.38. The van der Waals surface area contributed by atoms with E-state index in [0.717, 1.165) is 16.7 Å². The van der Waals surface area contributed by atoms with Crippen LogP contribution >= 0.6 is 15.9 Å². The van der Waals surface area contributed by atoms with E-state index in [-0.39, 0.29) is 0 Å². The Bertz CT molecular complexity index is 92.7. The van der Waals surface area contributed by atoms with Crippen molar-refractivity contribution in [2.24, 2.45) is 11.8 Å². The second-order valence-electron chi connectivity index (χ2n) is 2.76. The van der Waals surface area contributed by atoms with E-state index in [9.17, 15) is 0 Å². The fourth-order valence-electron chi connectivity index (χ4n) is 1.57. The van der Waals surface area contributed by atoms with Crippen molar-refractivity contribution in [2.45, 2.75) is 11.2 Å². The van der Waals surface area contributed by atoms with Gasteiger partial charge >= 0.3 is 0 Å². The summed E-state index contributed by atoms with van der Waals surface area (Å²) >= 11 is 3.64. The Morgan fingerprint density at radius 2 is 2.25 bits per heavy atom. The summed E-state index contributed by atoms with van der Waals surface area (Å²) in [7, 11) is 0. The van der Waals surface area contributed by atoms with E-state index in [0.29, 0.717) is 0 Å². The molecular formula is C6H10BrN. The summed E-state index contributed by atoms with van der Waals surface area (Å²) in [4.78, 5) is 0.859. The van der Waals surface area contributed by atoms with Gasteiger partial charge in [0.05, 0.1) is 0 Å². The fraction of sp³-hybridized carbons (Fsp3) is 1.00. The molecule has 8 heavy (non-hydrogen) atoms. The maximum atomic E-state index is 3.64. The maximum absolute atomic E-state index is 3.64. The van der Waals surface area contributed by atoms with Gasteiger partial charge < -0.3 is 5.32 Å². The van der Waals surface area contributed by atoms with Gasteiger partial charge in [0.25, 0.3) is 0 Å². The number of halogens is 1. The van der Waals surface area contributed by atoms with Gasteiger partial charge in [-0.25, -0.2) is 0 Å². The van der Waals surface area contributed by atoms with Crippen LogP contribution in [-0.4, -0.2) is 17.9 Å². The molecule has 1 N–H and O–H groups in total. The molecule has 46 valence electrons. The van der Waals surface area contributed by atoms with E-state index >= 15 is 0 Å². The summed E-state index contributed by atoms with van der Waals surface area (Å²) in [6, 6.07) is 0. The van der Waals surface area contributed by atoms with Crippen LogP contribution in [0.3, 0.4) is 0 Å². The third-order valence-corrected chi connectivity index (χ3v) is 3.62. The third-order valence-electron chi connectivity index (χ3n) is 2.26. The molecule has 0 bridgehead atoms. The number of nitrogens with one attached hydrogen (secondary N) is 1. The standard InChI is InChI=1S/C6H10BrN/c7-6-4-1-2-8-3-5(4)6/h4-6,8H,1-3H2/t4-,5+,6+/m0/s1. The van der Waals surface area contributed by atoms with E-state index < -0.39 is 0 Å². The Kier molecular flexibility index (Phi) is 1.12. The Hall–Kier alpha value is 0.440. The Balaban J connectivity index is 1.97. The van der Waals surface area contributed by atoms with Gasteiger partial charge in [-0.05, 0) is 31.3 Å². The lowest BCUT2D eigenvalue weighted by Gasteiger charge is -2.07. The van der Waals surface area contributed by atoms with Crippen molar-refractivity contribution in [3.63, 3.8) is 0 Å². The predicted octanol–water partition coefficient (Wildman–Crippen LogP) is 0.989. The lowest BCUT2D eigenvalue weighted by atomic mass is 10.2. The fourth-order valence-corrected chi connectivity index (χ4v) is 2.63. The van der Waals surface area contributed by atoms with E-state index in [1.807, 2.05) is 0 Å². The minimum absolute atomic E-state index is 0.859. The zero-order valence-corrected chi connectivity index (χ0v) is 6.32. The van der Waals surface area contributed by atoms with E-state index in [4.69, 9.17) is 0 Å². The smallest absolute Gasteiger partial charge is 0.0221 e.